The summed E-state index contributed by atoms with van der Waals surface area (Å²) in [6, 6.07) is 0.0376. The van der Waals surface area contributed by atoms with Crippen LogP contribution in [0.15, 0.2) is 0 Å². The van der Waals surface area contributed by atoms with Crippen molar-refractivity contribution >= 4 is 11.8 Å². The zero-order valence-corrected chi connectivity index (χ0v) is 19.7. The summed E-state index contributed by atoms with van der Waals surface area (Å²) in [7, 11) is 1.60. The van der Waals surface area contributed by atoms with E-state index in [1.807, 2.05) is 6.92 Å². The zero-order chi connectivity index (χ0) is 23.7. The topological polar surface area (TPSA) is 140 Å². The molecule has 32 heavy (non-hydrogen) atoms. The van der Waals surface area contributed by atoms with Gasteiger partial charge >= 0.3 is 0 Å². The van der Waals surface area contributed by atoms with E-state index in [-0.39, 0.29) is 17.9 Å². The van der Waals surface area contributed by atoms with Crippen LogP contribution in [0.4, 0.5) is 0 Å². The van der Waals surface area contributed by atoms with Crippen molar-refractivity contribution in [2.75, 3.05) is 92.9 Å². The van der Waals surface area contributed by atoms with Gasteiger partial charge in [-0.3, -0.25) is 9.59 Å². The van der Waals surface area contributed by atoms with Crippen molar-refractivity contribution in [3.05, 3.63) is 0 Å². The molecule has 0 aliphatic carbocycles. The fourth-order valence-corrected chi connectivity index (χ4v) is 2.20. The van der Waals surface area contributed by atoms with Crippen molar-refractivity contribution < 1.29 is 38.0 Å². The molecular formula is C21H43N3O8. The molecule has 0 aliphatic rings. The second kappa shape index (κ2) is 24.3. The number of rotatable bonds is 24. The van der Waals surface area contributed by atoms with Crippen molar-refractivity contribution in [3.63, 3.8) is 0 Å². The monoisotopic (exact) mass is 465 g/mol. The largest absolute Gasteiger partial charge is 0.379 e. The maximum Gasteiger partial charge on any atom is 0.222 e. The SMILES string of the molecule is CNC(=O)CCOCCOCCOCCOCCOCCOCCNC(=O)CC[C@@H](C)N. The highest BCUT2D eigenvalue weighted by atomic mass is 16.6. The third-order valence-electron chi connectivity index (χ3n) is 4.01. The van der Waals surface area contributed by atoms with Crippen LogP contribution >= 0.6 is 0 Å². The smallest absolute Gasteiger partial charge is 0.222 e. The zero-order valence-electron chi connectivity index (χ0n) is 19.7. The highest BCUT2D eigenvalue weighted by molar-refractivity contribution is 5.76. The first-order valence-electron chi connectivity index (χ1n) is 11.3. The predicted octanol–water partition coefficient (Wildman–Crippen LogP) is -0.534. The average molecular weight is 466 g/mol. The van der Waals surface area contributed by atoms with Gasteiger partial charge in [-0.15, -0.1) is 0 Å². The minimum Gasteiger partial charge on any atom is -0.379 e. The highest BCUT2D eigenvalue weighted by Gasteiger charge is 2.02. The summed E-state index contributed by atoms with van der Waals surface area (Å²) in [5, 5.41) is 5.31. The average Bonchev–Trinajstić information content (AvgIpc) is 2.78. The van der Waals surface area contributed by atoms with Crippen molar-refractivity contribution in [1.82, 2.24) is 10.6 Å². The number of hydrogen-bond acceptors (Lipinski definition) is 9. The summed E-state index contributed by atoms with van der Waals surface area (Å²) in [4.78, 5) is 22.5. The van der Waals surface area contributed by atoms with Crippen LogP contribution in [0.5, 0.6) is 0 Å². The fourth-order valence-electron chi connectivity index (χ4n) is 2.20. The second-order valence-electron chi connectivity index (χ2n) is 6.96. The molecule has 0 aromatic heterocycles. The molecule has 0 radical (unpaired) electrons. The Morgan fingerprint density at radius 1 is 0.656 bits per heavy atom. The quantitative estimate of drug-likeness (QED) is 0.160. The third kappa shape index (κ3) is 24.9. The van der Waals surface area contributed by atoms with E-state index in [1.54, 1.807) is 7.05 Å². The van der Waals surface area contributed by atoms with E-state index in [0.717, 1.165) is 0 Å². The van der Waals surface area contributed by atoms with E-state index < -0.39 is 0 Å². The van der Waals surface area contributed by atoms with Crippen LogP contribution in [-0.2, 0) is 38.0 Å². The van der Waals surface area contributed by atoms with Gasteiger partial charge in [0.05, 0.1) is 79.3 Å². The Balaban J connectivity index is 3.11. The van der Waals surface area contributed by atoms with Crippen LogP contribution in [0.3, 0.4) is 0 Å². The van der Waals surface area contributed by atoms with E-state index in [1.165, 1.54) is 0 Å². The van der Waals surface area contributed by atoms with E-state index in [9.17, 15) is 9.59 Å². The number of hydrogen-bond donors (Lipinski definition) is 3. The Hall–Kier alpha value is -1.34. The summed E-state index contributed by atoms with van der Waals surface area (Å²) in [5.41, 5.74) is 5.61. The van der Waals surface area contributed by atoms with Gasteiger partial charge in [0, 0.05) is 32.5 Å². The summed E-state index contributed by atoms with van der Waals surface area (Å²) in [6.07, 6.45) is 1.48. The van der Waals surface area contributed by atoms with Crippen LogP contribution in [0.1, 0.15) is 26.2 Å². The Kier molecular flexibility index (Phi) is 23.3. The normalized spacial score (nSPS) is 12.0. The number of nitrogens with two attached hydrogens (primary N) is 1. The summed E-state index contributed by atoms with van der Waals surface area (Å²) >= 11 is 0. The Labute approximate surface area is 191 Å². The molecule has 0 saturated carbocycles. The Morgan fingerprint density at radius 3 is 1.47 bits per heavy atom. The number of ether oxygens (including phenoxy) is 6. The van der Waals surface area contributed by atoms with Crippen molar-refractivity contribution in [2.45, 2.75) is 32.2 Å². The van der Waals surface area contributed by atoms with Crippen molar-refractivity contribution in [1.29, 1.82) is 0 Å². The predicted molar refractivity (Wildman–Crippen MR) is 119 cm³/mol. The molecule has 11 heteroatoms. The lowest BCUT2D eigenvalue weighted by atomic mass is 10.2. The number of carbonyl (C=O) groups is 2. The van der Waals surface area contributed by atoms with Gasteiger partial charge in [-0.05, 0) is 13.3 Å². The first-order valence-corrected chi connectivity index (χ1v) is 11.3. The Morgan fingerprint density at radius 2 is 1.06 bits per heavy atom. The van der Waals surface area contributed by atoms with Crippen LogP contribution in [-0.4, -0.2) is 111 Å². The fraction of sp³-hybridized carbons (Fsp3) is 0.905. The molecule has 0 saturated heterocycles. The molecule has 0 unspecified atom stereocenters. The van der Waals surface area contributed by atoms with Gasteiger partial charge in [0.1, 0.15) is 0 Å². The van der Waals surface area contributed by atoms with Gasteiger partial charge in [0.25, 0.3) is 0 Å². The number of amides is 2. The van der Waals surface area contributed by atoms with Crippen LogP contribution in [0.2, 0.25) is 0 Å². The maximum absolute atomic E-state index is 11.5. The standard InChI is InChI=1S/C21H43N3O8/c1-19(22)3-4-21(26)24-6-8-28-10-12-30-14-16-32-18-17-31-15-13-29-11-9-27-7-5-20(25)23-2/h19H,3-18,22H2,1-2H3,(H,23,25)(H,24,26)/t19-/m1/s1. The number of carbonyl (C=O) groups excluding carboxylic acids is 2. The van der Waals surface area contributed by atoms with Crippen LogP contribution in [0, 0.1) is 0 Å². The molecule has 0 aliphatic heterocycles. The third-order valence-corrected chi connectivity index (χ3v) is 4.01. The molecule has 190 valence electrons. The lowest BCUT2D eigenvalue weighted by Crippen LogP contribution is -2.29. The highest BCUT2D eigenvalue weighted by Crippen LogP contribution is 1.92. The molecule has 0 spiro atoms. The van der Waals surface area contributed by atoms with Gasteiger partial charge in [0.15, 0.2) is 0 Å². The summed E-state index contributed by atoms with van der Waals surface area (Å²) < 4.78 is 32.2. The molecule has 0 bridgehead atoms. The van der Waals surface area contributed by atoms with E-state index >= 15 is 0 Å². The van der Waals surface area contributed by atoms with Gasteiger partial charge in [-0.1, -0.05) is 0 Å². The maximum atomic E-state index is 11.5. The molecule has 1 atom stereocenters. The Bertz CT molecular complexity index is 441. The molecule has 11 nitrogen and oxygen atoms in total. The lowest BCUT2D eigenvalue weighted by Gasteiger charge is -2.09. The molecule has 0 aromatic rings. The van der Waals surface area contributed by atoms with Gasteiger partial charge < -0.3 is 44.8 Å². The van der Waals surface area contributed by atoms with Crippen molar-refractivity contribution in [3.8, 4) is 0 Å². The molecule has 0 heterocycles. The molecular weight excluding hydrogens is 422 g/mol. The van der Waals surface area contributed by atoms with E-state index in [4.69, 9.17) is 34.2 Å². The van der Waals surface area contributed by atoms with E-state index in [0.29, 0.717) is 105 Å². The summed E-state index contributed by atoms with van der Waals surface area (Å²) in [6.45, 7) is 8.01. The molecule has 0 fully saturated rings. The van der Waals surface area contributed by atoms with Gasteiger partial charge in [-0.25, -0.2) is 0 Å². The molecule has 2 amide bonds. The van der Waals surface area contributed by atoms with E-state index in [2.05, 4.69) is 10.6 Å². The first-order chi connectivity index (χ1) is 15.6. The summed E-state index contributed by atoms with van der Waals surface area (Å²) in [5.74, 6) is -0.0403. The van der Waals surface area contributed by atoms with Gasteiger partial charge in [-0.2, -0.15) is 0 Å². The minimum atomic E-state index is -0.0369. The van der Waals surface area contributed by atoms with Crippen LogP contribution in [0.25, 0.3) is 0 Å². The number of nitrogens with one attached hydrogen (secondary N) is 2. The molecule has 0 rings (SSSR count). The lowest BCUT2D eigenvalue weighted by molar-refractivity contribution is -0.122. The second-order valence-corrected chi connectivity index (χ2v) is 6.96. The van der Waals surface area contributed by atoms with Crippen molar-refractivity contribution in [2.24, 2.45) is 5.73 Å². The molecule has 0 aromatic carbocycles. The molecule has 4 N–H and O–H groups in total. The minimum absolute atomic E-state index is 0.00337. The van der Waals surface area contributed by atoms with Gasteiger partial charge in [0.2, 0.25) is 11.8 Å². The first kappa shape index (κ1) is 30.7. The van der Waals surface area contributed by atoms with Crippen LogP contribution < -0.4 is 16.4 Å².